The number of nitrogens with two attached hydrogens (primary N) is 1. The first kappa shape index (κ1) is 14.1. The van der Waals surface area contributed by atoms with Gasteiger partial charge in [0, 0.05) is 0 Å². The van der Waals surface area contributed by atoms with Gasteiger partial charge in [0.25, 0.3) is 5.91 Å². The van der Waals surface area contributed by atoms with Crippen molar-refractivity contribution >= 4 is 5.91 Å². The van der Waals surface area contributed by atoms with Crippen molar-refractivity contribution in [2.45, 2.75) is 19.1 Å². The Hall–Kier alpha value is -2.33. The second-order valence-corrected chi connectivity index (χ2v) is 4.70. The molecular formula is C16H17NO3. The van der Waals surface area contributed by atoms with Gasteiger partial charge in [-0.2, -0.15) is 0 Å². The van der Waals surface area contributed by atoms with Gasteiger partial charge in [-0.1, -0.05) is 42.5 Å². The van der Waals surface area contributed by atoms with Gasteiger partial charge < -0.3 is 15.6 Å². The van der Waals surface area contributed by atoms with E-state index in [2.05, 4.69) is 0 Å². The highest BCUT2D eigenvalue weighted by atomic mass is 16.5. The summed E-state index contributed by atoms with van der Waals surface area (Å²) in [6.45, 7) is 1.64. The Bertz CT molecular complexity index is 594. The topological polar surface area (TPSA) is 72.5 Å². The minimum atomic E-state index is -1.71. The molecule has 0 aliphatic rings. The highest BCUT2D eigenvalue weighted by molar-refractivity contribution is 5.84. The average Bonchev–Trinajstić information content (AvgIpc) is 2.46. The zero-order valence-electron chi connectivity index (χ0n) is 11.2. The summed E-state index contributed by atoms with van der Waals surface area (Å²) in [5.74, 6) is -0.0642. The number of amides is 1. The minimum Gasteiger partial charge on any atom is -0.489 e. The maximum atomic E-state index is 11.4. The van der Waals surface area contributed by atoms with Crippen molar-refractivity contribution in [1.29, 1.82) is 0 Å². The molecule has 0 bridgehead atoms. The van der Waals surface area contributed by atoms with Crippen LogP contribution in [0.15, 0.2) is 54.6 Å². The van der Waals surface area contributed by atoms with Crippen LogP contribution in [0.2, 0.25) is 0 Å². The highest BCUT2D eigenvalue weighted by Gasteiger charge is 2.32. The SMILES string of the molecule is CC(O)(C(N)=O)c1ccccc1COc1ccccc1. The third kappa shape index (κ3) is 2.97. The smallest absolute Gasteiger partial charge is 0.253 e. The van der Waals surface area contributed by atoms with Crippen molar-refractivity contribution in [2.24, 2.45) is 5.73 Å². The van der Waals surface area contributed by atoms with Gasteiger partial charge in [0.05, 0.1) is 0 Å². The lowest BCUT2D eigenvalue weighted by atomic mass is 9.91. The summed E-state index contributed by atoms with van der Waals surface area (Å²) in [5.41, 5.74) is 4.72. The molecule has 2 aromatic rings. The molecule has 0 radical (unpaired) electrons. The molecule has 4 heteroatoms. The van der Waals surface area contributed by atoms with Crippen molar-refractivity contribution in [3.05, 3.63) is 65.7 Å². The van der Waals surface area contributed by atoms with E-state index in [0.29, 0.717) is 5.56 Å². The Balaban J connectivity index is 2.23. The quantitative estimate of drug-likeness (QED) is 0.873. The van der Waals surface area contributed by atoms with Crippen LogP contribution in [0.25, 0.3) is 0 Å². The molecule has 1 amide bonds. The summed E-state index contributed by atoms with van der Waals surface area (Å²) in [5, 5.41) is 10.2. The van der Waals surface area contributed by atoms with Crippen molar-refractivity contribution in [3.8, 4) is 5.75 Å². The number of carbonyl (C=O) groups excluding carboxylic acids is 1. The van der Waals surface area contributed by atoms with Gasteiger partial charge in [0.1, 0.15) is 12.4 Å². The van der Waals surface area contributed by atoms with Crippen molar-refractivity contribution in [3.63, 3.8) is 0 Å². The van der Waals surface area contributed by atoms with Gasteiger partial charge >= 0.3 is 0 Å². The maximum absolute atomic E-state index is 11.4. The number of benzene rings is 2. The number of hydrogen-bond donors (Lipinski definition) is 2. The minimum absolute atomic E-state index is 0.254. The molecule has 0 fully saturated rings. The molecule has 0 saturated carbocycles. The van der Waals surface area contributed by atoms with E-state index in [1.807, 2.05) is 36.4 Å². The van der Waals surface area contributed by atoms with Crippen LogP contribution in [0.3, 0.4) is 0 Å². The van der Waals surface area contributed by atoms with E-state index < -0.39 is 11.5 Å². The van der Waals surface area contributed by atoms with Crippen molar-refractivity contribution in [2.75, 3.05) is 0 Å². The molecule has 2 rings (SSSR count). The first-order valence-electron chi connectivity index (χ1n) is 6.30. The summed E-state index contributed by atoms with van der Waals surface area (Å²) < 4.78 is 5.64. The highest BCUT2D eigenvalue weighted by Crippen LogP contribution is 2.25. The fourth-order valence-electron chi connectivity index (χ4n) is 1.93. The average molecular weight is 271 g/mol. The van der Waals surface area contributed by atoms with E-state index in [0.717, 1.165) is 11.3 Å². The maximum Gasteiger partial charge on any atom is 0.253 e. The van der Waals surface area contributed by atoms with Gasteiger partial charge in [-0.3, -0.25) is 4.79 Å². The Kier molecular flexibility index (Phi) is 4.05. The molecule has 104 valence electrons. The zero-order valence-corrected chi connectivity index (χ0v) is 11.2. The first-order valence-corrected chi connectivity index (χ1v) is 6.30. The number of para-hydroxylation sites is 1. The number of rotatable bonds is 5. The number of primary amides is 1. The predicted molar refractivity (Wildman–Crippen MR) is 76.0 cm³/mol. The second kappa shape index (κ2) is 5.75. The molecule has 0 heterocycles. The Morgan fingerprint density at radius 2 is 1.75 bits per heavy atom. The third-order valence-electron chi connectivity index (χ3n) is 3.16. The Morgan fingerprint density at radius 1 is 1.15 bits per heavy atom. The standard InChI is InChI=1S/C16H17NO3/c1-16(19,15(17)18)14-10-6-5-7-12(14)11-20-13-8-3-2-4-9-13/h2-10,19H,11H2,1H3,(H2,17,18). The van der Waals surface area contributed by atoms with Gasteiger partial charge in [-0.05, 0) is 30.2 Å². The van der Waals surface area contributed by atoms with Gasteiger partial charge in [-0.15, -0.1) is 0 Å². The molecule has 0 spiro atoms. The zero-order chi connectivity index (χ0) is 14.6. The van der Waals surface area contributed by atoms with E-state index in [1.54, 1.807) is 18.2 Å². The molecule has 0 aliphatic heterocycles. The van der Waals surface area contributed by atoms with Crippen LogP contribution in [0.5, 0.6) is 5.75 Å². The molecule has 1 unspecified atom stereocenters. The number of ether oxygens (including phenoxy) is 1. The summed E-state index contributed by atoms with van der Waals surface area (Å²) >= 11 is 0. The first-order chi connectivity index (χ1) is 9.51. The molecule has 4 nitrogen and oxygen atoms in total. The molecule has 2 aromatic carbocycles. The molecule has 0 aliphatic carbocycles. The van der Waals surface area contributed by atoms with Gasteiger partial charge in [0.2, 0.25) is 0 Å². The van der Waals surface area contributed by atoms with E-state index in [9.17, 15) is 9.90 Å². The summed E-state index contributed by atoms with van der Waals surface area (Å²) in [6, 6.07) is 16.4. The lowest BCUT2D eigenvalue weighted by molar-refractivity contribution is -0.135. The van der Waals surface area contributed by atoms with Crippen molar-refractivity contribution < 1.29 is 14.6 Å². The molecule has 0 aromatic heterocycles. The molecular weight excluding hydrogens is 254 g/mol. The summed E-state index contributed by atoms with van der Waals surface area (Å²) in [7, 11) is 0. The van der Waals surface area contributed by atoms with Crippen LogP contribution in [0, 0.1) is 0 Å². The number of aliphatic hydroxyl groups is 1. The molecule has 1 atom stereocenters. The largest absolute Gasteiger partial charge is 0.489 e. The van der Waals surface area contributed by atoms with Gasteiger partial charge in [-0.25, -0.2) is 0 Å². The van der Waals surface area contributed by atoms with E-state index in [1.165, 1.54) is 6.92 Å². The van der Waals surface area contributed by atoms with Crippen LogP contribution in [-0.4, -0.2) is 11.0 Å². The monoisotopic (exact) mass is 271 g/mol. The lowest BCUT2D eigenvalue weighted by Crippen LogP contribution is -2.39. The fourth-order valence-corrected chi connectivity index (χ4v) is 1.93. The van der Waals surface area contributed by atoms with Crippen LogP contribution in [-0.2, 0) is 17.0 Å². The molecule has 0 saturated heterocycles. The van der Waals surface area contributed by atoms with Crippen molar-refractivity contribution in [1.82, 2.24) is 0 Å². The summed E-state index contributed by atoms with van der Waals surface area (Å²) in [4.78, 5) is 11.4. The van der Waals surface area contributed by atoms with E-state index >= 15 is 0 Å². The Morgan fingerprint density at radius 3 is 2.40 bits per heavy atom. The summed E-state index contributed by atoms with van der Waals surface area (Å²) in [6.07, 6.45) is 0. The second-order valence-electron chi connectivity index (χ2n) is 4.70. The fraction of sp³-hybridized carbons (Fsp3) is 0.188. The van der Waals surface area contributed by atoms with Gasteiger partial charge in [0.15, 0.2) is 5.60 Å². The van der Waals surface area contributed by atoms with E-state index in [-0.39, 0.29) is 6.61 Å². The Labute approximate surface area is 117 Å². The van der Waals surface area contributed by atoms with Crippen LogP contribution in [0.1, 0.15) is 18.1 Å². The molecule has 3 N–H and O–H groups in total. The van der Waals surface area contributed by atoms with Crippen LogP contribution < -0.4 is 10.5 Å². The van der Waals surface area contributed by atoms with E-state index in [4.69, 9.17) is 10.5 Å². The predicted octanol–water partition coefficient (Wildman–Crippen LogP) is 1.96. The van der Waals surface area contributed by atoms with Crippen LogP contribution >= 0.6 is 0 Å². The molecule has 20 heavy (non-hydrogen) atoms. The normalized spacial score (nSPS) is 13.5. The van der Waals surface area contributed by atoms with Crippen LogP contribution in [0.4, 0.5) is 0 Å². The third-order valence-corrected chi connectivity index (χ3v) is 3.16. The number of hydrogen-bond acceptors (Lipinski definition) is 3. The lowest BCUT2D eigenvalue weighted by Gasteiger charge is -2.23. The number of carbonyl (C=O) groups is 1.